The molecule has 5 heteroatoms. The van der Waals surface area contributed by atoms with Gasteiger partial charge in [-0.15, -0.1) is 0 Å². The van der Waals surface area contributed by atoms with Gasteiger partial charge < -0.3 is 10.6 Å². The van der Waals surface area contributed by atoms with Crippen LogP contribution in [0, 0.1) is 0 Å². The highest BCUT2D eigenvalue weighted by Gasteiger charge is 1.98. The van der Waals surface area contributed by atoms with Gasteiger partial charge in [0, 0.05) is 31.5 Å². The predicted molar refractivity (Wildman–Crippen MR) is 77.2 cm³/mol. The molecule has 19 heavy (non-hydrogen) atoms. The number of hydrogen-bond acceptors (Lipinski definition) is 5. The van der Waals surface area contributed by atoms with Crippen molar-refractivity contribution in [2.45, 2.75) is 19.8 Å². The van der Waals surface area contributed by atoms with Crippen molar-refractivity contribution in [3.8, 4) is 0 Å². The monoisotopic (exact) mass is 257 g/mol. The average Bonchev–Trinajstić information content (AvgIpc) is 2.47. The van der Waals surface area contributed by atoms with Crippen molar-refractivity contribution in [2.24, 2.45) is 0 Å². The van der Waals surface area contributed by atoms with Gasteiger partial charge in [0.1, 0.15) is 18.0 Å². The Morgan fingerprint density at radius 2 is 1.89 bits per heavy atom. The normalized spacial score (nSPS) is 10.2. The van der Waals surface area contributed by atoms with Gasteiger partial charge in [0.05, 0.1) is 0 Å². The summed E-state index contributed by atoms with van der Waals surface area (Å²) in [5, 5.41) is 6.53. The van der Waals surface area contributed by atoms with Crippen molar-refractivity contribution < 1.29 is 0 Å². The van der Waals surface area contributed by atoms with Gasteiger partial charge in [-0.2, -0.15) is 0 Å². The van der Waals surface area contributed by atoms with E-state index in [1.807, 2.05) is 18.3 Å². The Labute approximate surface area is 113 Å². The number of pyridine rings is 1. The van der Waals surface area contributed by atoms with Gasteiger partial charge >= 0.3 is 0 Å². The highest BCUT2D eigenvalue weighted by molar-refractivity contribution is 5.46. The fraction of sp³-hybridized carbons (Fsp3) is 0.357. The van der Waals surface area contributed by atoms with Crippen molar-refractivity contribution >= 4 is 11.6 Å². The summed E-state index contributed by atoms with van der Waals surface area (Å²) in [6, 6.07) is 5.95. The second-order valence-corrected chi connectivity index (χ2v) is 4.25. The van der Waals surface area contributed by atoms with Crippen LogP contribution in [0.2, 0.25) is 0 Å². The van der Waals surface area contributed by atoms with Crippen molar-refractivity contribution in [1.29, 1.82) is 0 Å². The minimum absolute atomic E-state index is 0.829. The molecule has 0 unspecified atom stereocenters. The summed E-state index contributed by atoms with van der Waals surface area (Å²) >= 11 is 0. The lowest BCUT2D eigenvalue weighted by molar-refractivity contribution is 0.959. The molecule has 2 aromatic heterocycles. The molecule has 0 radical (unpaired) electrons. The summed E-state index contributed by atoms with van der Waals surface area (Å²) in [6.07, 6.45) is 7.25. The zero-order valence-corrected chi connectivity index (χ0v) is 11.1. The lowest BCUT2D eigenvalue weighted by atomic mass is 10.2. The van der Waals surface area contributed by atoms with Gasteiger partial charge in [-0.3, -0.25) is 4.98 Å². The number of aromatic nitrogens is 3. The van der Waals surface area contributed by atoms with Gasteiger partial charge in [0.25, 0.3) is 0 Å². The van der Waals surface area contributed by atoms with Crippen LogP contribution in [0.5, 0.6) is 0 Å². The highest BCUT2D eigenvalue weighted by atomic mass is 15.1. The molecule has 0 bridgehead atoms. The Balaban J connectivity index is 1.82. The van der Waals surface area contributed by atoms with Crippen LogP contribution in [0.3, 0.4) is 0 Å². The number of nitrogens with zero attached hydrogens (tertiary/aromatic N) is 3. The highest BCUT2D eigenvalue weighted by Crippen LogP contribution is 2.08. The van der Waals surface area contributed by atoms with E-state index in [1.165, 1.54) is 5.56 Å². The third-order valence-corrected chi connectivity index (χ3v) is 2.67. The minimum Gasteiger partial charge on any atom is -0.370 e. The van der Waals surface area contributed by atoms with Crippen LogP contribution < -0.4 is 10.6 Å². The molecular formula is C14H19N5. The smallest absolute Gasteiger partial charge is 0.131 e. The van der Waals surface area contributed by atoms with Gasteiger partial charge in [0.15, 0.2) is 0 Å². The fourth-order valence-electron chi connectivity index (χ4n) is 1.68. The van der Waals surface area contributed by atoms with Crippen molar-refractivity contribution in [2.75, 3.05) is 23.7 Å². The number of anilines is 2. The molecule has 2 aromatic rings. The molecule has 0 amide bonds. The first-order chi connectivity index (χ1) is 9.38. The van der Waals surface area contributed by atoms with Crippen LogP contribution in [-0.4, -0.2) is 28.0 Å². The molecule has 0 saturated heterocycles. The standard InChI is InChI=1S/C14H19N5/c1-2-6-16-13-9-14(19-11-18-13)17-8-5-12-4-3-7-15-10-12/h3-4,7,9-11H,2,5-6,8H2,1H3,(H2,16,17,18,19). The molecule has 0 aromatic carbocycles. The van der Waals surface area contributed by atoms with E-state index in [0.717, 1.165) is 37.6 Å². The Kier molecular flexibility index (Phi) is 5.10. The first-order valence-corrected chi connectivity index (χ1v) is 6.57. The van der Waals surface area contributed by atoms with Crippen LogP contribution in [-0.2, 0) is 6.42 Å². The second-order valence-electron chi connectivity index (χ2n) is 4.25. The average molecular weight is 257 g/mol. The second kappa shape index (κ2) is 7.31. The SMILES string of the molecule is CCCNc1cc(NCCc2cccnc2)ncn1. The van der Waals surface area contributed by atoms with E-state index in [2.05, 4.69) is 38.6 Å². The number of hydrogen-bond donors (Lipinski definition) is 2. The molecule has 0 aliphatic heterocycles. The van der Waals surface area contributed by atoms with E-state index >= 15 is 0 Å². The first kappa shape index (κ1) is 13.3. The Hall–Kier alpha value is -2.17. The molecule has 2 heterocycles. The third-order valence-electron chi connectivity index (χ3n) is 2.67. The molecule has 0 aliphatic rings. The molecule has 2 N–H and O–H groups in total. The maximum Gasteiger partial charge on any atom is 0.131 e. The summed E-state index contributed by atoms with van der Waals surface area (Å²) in [5.74, 6) is 1.71. The lowest BCUT2D eigenvalue weighted by Crippen LogP contribution is -2.08. The van der Waals surface area contributed by atoms with E-state index in [9.17, 15) is 0 Å². The quantitative estimate of drug-likeness (QED) is 0.797. The molecule has 0 fully saturated rings. The zero-order chi connectivity index (χ0) is 13.3. The van der Waals surface area contributed by atoms with Crippen molar-refractivity contribution in [3.05, 3.63) is 42.5 Å². The van der Waals surface area contributed by atoms with Crippen LogP contribution in [0.15, 0.2) is 36.9 Å². The molecular weight excluding hydrogens is 238 g/mol. The van der Waals surface area contributed by atoms with Crippen LogP contribution in [0.25, 0.3) is 0 Å². The minimum atomic E-state index is 0.829. The summed E-state index contributed by atoms with van der Waals surface area (Å²) < 4.78 is 0. The Bertz CT molecular complexity index is 486. The van der Waals surface area contributed by atoms with Crippen molar-refractivity contribution in [1.82, 2.24) is 15.0 Å². The Morgan fingerprint density at radius 3 is 2.58 bits per heavy atom. The largest absolute Gasteiger partial charge is 0.370 e. The Morgan fingerprint density at radius 1 is 1.11 bits per heavy atom. The molecule has 0 aliphatic carbocycles. The van der Waals surface area contributed by atoms with E-state index in [0.29, 0.717) is 0 Å². The number of nitrogens with one attached hydrogen (secondary N) is 2. The van der Waals surface area contributed by atoms with Gasteiger partial charge in [-0.05, 0) is 24.5 Å². The van der Waals surface area contributed by atoms with Gasteiger partial charge in [-0.25, -0.2) is 9.97 Å². The van der Waals surface area contributed by atoms with E-state index in [1.54, 1.807) is 12.5 Å². The van der Waals surface area contributed by atoms with Crippen LogP contribution in [0.4, 0.5) is 11.6 Å². The van der Waals surface area contributed by atoms with Crippen LogP contribution in [0.1, 0.15) is 18.9 Å². The molecule has 0 atom stereocenters. The lowest BCUT2D eigenvalue weighted by Gasteiger charge is -2.07. The summed E-state index contributed by atoms with van der Waals surface area (Å²) in [5.41, 5.74) is 1.22. The predicted octanol–water partition coefficient (Wildman–Crippen LogP) is 2.35. The summed E-state index contributed by atoms with van der Waals surface area (Å²) in [7, 11) is 0. The molecule has 100 valence electrons. The topological polar surface area (TPSA) is 62.7 Å². The molecule has 2 rings (SSSR count). The van der Waals surface area contributed by atoms with E-state index in [-0.39, 0.29) is 0 Å². The zero-order valence-electron chi connectivity index (χ0n) is 11.1. The van der Waals surface area contributed by atoms with Gasteiger partial charge in [-0.1, -0.05) is 13.0 Å². The molecule has 0 spiro atoms. The third kappa shape index (κ3) is 4.54. The van der Waals surface area contributed by atoms with Gasteiger partial charge in [0.2, 0.25) is 0 Å². The number of rotatable bonds is 7. The van der Waals surface area contributed by atoms with E-state index in [4.69, 9.17) is 0 Å². The molecule has 0 saturated carbocycles. The molecule has 5 nitrogen and oxygen atoms in total. The van der Waals surface area contributed by atoms with Crippen molar-refractivity contribution in [3.63, 3.8) is 0 Å². The first-order valence-electron chi connectivity index (χ1n) is 6.57. The summed E-state index contributed by atoms with van der Waals surface area (Å²) in [6.45, 7) is 3.88. The van der Waals surface area contributed by atoms with E-state index < -0.39 is 0 Å². The summed E-state index contributed by atoms with van der Waals surface area (Å²) in [4.78, 5) is 12.5. The maximum absolute atomic E-state index is 4.20. The maximum atomic E-state index is 4.20. The fourth-order valence-corrected chi connectivity index (χ4v) is 1.68. The van der Waals surface area contributed by atoms with Crippen LogP contribution >= 0.6 is 0 Å².